The molecule has 2 aliphatic heterocycles. The third-order valence-corrected chi connectivity index (χ3v) is 8.31. The standard InChI is InChI=1S/C34H43N3O2/c1-23-11-13-25(14-12-23)33(38)37(20-8-19-35)22-27-16-17-28-31(24-9-6-5-7-10-24)36-30-18-15-26(34(2,3)4)21-29(30)32(28)39-27/h5-7,9-15,18,21,27-28,31-32,36H,8,16-17,19-20,22,35H2,1-4H3. The lowest BCUT2D eigenvalue weighted by molar-refractivity contribution is -0.0999. The van der Waals surface area contributed by atoms with Crippen molar-refractivity contribution in [3.05, 3.63) is 101 Å². The first-order chi connectivity index (χ1) is 18.7. The molecule has 0 saturated carbocycles. The summed E-state index contributed by atoms with van der Waals surface area (Å²) in [4.78, 5) is 15.5. The van der Waals surface area contributed by atoms with Gasteiger partial charge in [-0.1, -0.05) is 80.9 Å². The van der Waals surface area contributed by atoms with E-state index in [0.29, 0.717) is 25.6 Å². The minimum absolute atomic E-state index is 0.0286. The van der Waals surface area contributed by atoms with Gasteiger partial charge < -0.3 is 20.7 Å². The van der Waals surface area contributed by atoms with Crippen LogP contribution in [0.3, 0.4) is 0 Å². The molecule has 0 spiro atoms. The molecule has 1 amide bonds. The van der Waals surface area contributed by atoms with Gasteiger partial charge in [0.05, 0.1) is 18.2 Å². The van der Waals surface area contributed by atoms with E-state index in [0.717, 1.165) is 36.1 Å². The van der Waals surface area contributed by atoms with Gasteiger partial charge in [-0.15, -0.1) is 0 Å². The van der Waals surface area contributed by atoms with Crippen LogP contribution >= 0.6 is 0 Å². The van der Waals surface area contributed by atoms with Gasteiger partial charge >= 0.3 is 0 Å². The number of nitrogens with zero attached hydrogens (tertiary/aromatic N) is 1. The Kier molecular flexibility index (Phi) is 8.11. The highest BCUT2D eigenvalue weighted by molar-refractivity contribution is 5.94. The number of fused-ring (bicyclic) bond motifs is 3. The van der Waals surface area contributed by atoms with Gasteiger partial charge in [0.25, 0.3) is 5.91 Å². The van der Waals surface area contributed by atoms with E-state index >= 15 is 0 Å². The Morgan fingerprint density at radius 3 is 2.46 bits per heavy atom. The number of benzene rings is 3. The van der Waals surface area contributed by atoms with Crippen LogP contribution in [0.1, 0.15) is 84.8 Å². The zero-order chi connectivity index (χ0) is 27.6. The summed E-state index contributed by atoms with van der Waals surface area (Å²) in [7, 11) is 0. The Hall–Kier alpha value is -3.15. The molecule has 5 rings (SSSR count). The average molecular weight is 526 g/mol. The van der Waals surface area contributed by atoms with Crippen LogP contribution in [-0.2, 0) is 10.2 Å². The second-order valence-corrected chi connectivity index (χ2v) is 12.3. The number of nitrogens with two attached hydrogens (primary N) is 1. The molecule has 3 aromatic carbocycles. The predicted octanol–water partition coefficient (Wildman–Crippen LogP) is 6.79. The van der Waals surface area contributed by atoms with Gasteiger partial charge in [-0.25, -0.2) is 0 Å². The van der Waals surface area contributed by atoms with Gasteiger partial charge in [-0.2, -0.15) is 0 Å². The zero-order valence-electron chi connectivity index (χ0n) is 23.8. The Morgan fingerprint density at radius 1 is 1.03 bits per heavy atom. The number of nitrogens with one attached hydrogen (secondary N) is 1. The maximum atomic E-state index is 13.5. The van der Waals surface area contributed by atoms with E-state index in [9.17, 15) is 4.79 Å². The number of carbonyl (C=O) groups is 1. The number of hydrogen-bond donors (Lipinski definition) is 2. The third-order valence-electron chi connectivity index (χ3n) is 8.31. The maximum Gasteiger partial charge on any atom is 0.253 e. The lowest BCUT2D eigenvalue weighted by Crippen LogP contribution is -2.45. The molecule has 3 N–H and O–H groups in total. The number of hydrogen-bond acceptors (Lipinski definition) is 4. The fourth-order valence-electron chi connectivity index (χ4n) is 6.03. The minimum atomic E-state index is -0.0293. The second kappa shape index (κ2) is 11.5. The molecule has 0 aromatic heterocycles. The summed E-state index contributed by atoms with van der Waals surface area (Å²) >= 11 is 0. The van der Waals surface area contributed by atoms with E-state index < -0.39 is 0 Å². The second-order valence-electron chi connectivity index (χ2n) is 12.3. The third kappa shape index (κ3) is 6.05. The molecule has 4 atom stereocenters. The first kappa shape index (κ1) is 27.4. The number of aryl methyl sites for hydroxylation is 1. The highest BCUT2D eigenvalue weighted by atomic mass is 16.5. The summed E-state index contributed by atoms with van der Waals surface area (Å²) in [5, 5.41) is 3.86. The van der Waals surface area contributed by atoms with Crippen molar-refractivity contribution in [1.82, 2.24) is 4.90 Å². The summed E-state index contributed by atoms with van der Waals surface area (Å²) in [6.45, 7) is 10.6. The Labute approximate surface area is 233 Å². The Morgan fingerprint density at radius 2 is 1.77 bits per heavy atom. The van der Waals surface area contributed by atoms with E-state index in [-0.39, 0.29) is 29.6 Å². The van der Waals surface area contributed by atoms with Crippen molar-refractivity contribution in [1.29, 1.82) is 0 Å². The summed E-state index contributed by atoms with van der Waals surface area (Å²) in [5.41, 5.74) is 12.8. The molecule has 206 valence electrons. The molecule has 1 fully saturated rings. The maximum absolute atomic E-state index is 13.5. The highest BCUT2D eigenvalue weighted by Gasteiger charge is 2.43. The lowest BCUT2D eigenvalue weighted by Gasteiger charge is -2.46. The summed E-state index contributed by atoms with van der Waals surface area (Å²) in [6, 6.07) is 25.6. The van der Waals surface area contributed by atoms with E-state index in [4.69, 9.17) is 10.5 Å². The Bertz CT molecular complexity index is 1270. The monoisotopic (exact) mass is 525 g/mol. The van der Waals surface area contributed by atoms with Crippen LogP contribution in [0.4, 0.5) is 5.69 Å². The molecule has 0 aliphatic carbocycles. The van der Waals surface area contributed by atoms with Crippen molar-refractivity contribution in [2.45, 2.75) is 70.6 Å². The van der Waals surface area contributed by atoms with Gasteiger partial charge in [0, 0.05) is 35.8 Å². The zero-order valence-corrected chi connectivity index (χ0v) is 23.8. The Balaban J connectivity index is 1.43. The number of anilines is 1. The molecule has 2 aliphatic rings. The smallest absolute Gasteiger partial charge is 0.253 e. The van der Waals surface area contributed by atoms with Crippen LogP contribution in [0, 0.1) is 12.8 Å². The van der Waals surface area contributed by atoms with E-state index in [1.54, 1.807) is 0 Å². The number of amides is 1. The van der Waals surface area contributed by atoms with Crippen molar-refractivity contribution < 1.29 is 9.53 Å². The fraction of sp³-hybridized carbons (Fsp3) is 0.441. The first-order valence-electron chi connectivity index (χ1n) is 14.4. The average Bonchev–Trinajstić information content (AvgIpc) is 2.94. The number of rotatable bonds is 7. The quantitative estimate of drug-likeness (QED) is 0.357. The summed E-state index contributed by atoms with van der Waals surface area (Å²) in [6.07, 6.45) is 2.66. The van der Waals surface area contributed by atoms with Crippen LogP contribution in [0.15, 0.2) is 72.8 Å². The van der Waals surface area contributed by atoms with Crippen LogP contribution in [-0.4, -0.2) is 36.5 Å². The molecular formula is C34H43N3O2. The van der Waals surface area contributed by atoms with Crippen molar-refractivity contribution in [3.63, 3.8) is 0 Å². The topological polar surface area (TPSA) is 67.6 Å². The predicted molar refractivity (Wildman–Crippen MR) is 159 cm³/mol. The fourth-order valence-corrected chi connectivity index (χ4v) is 6.03. The molecule has 1 saturated heterocycles. The molecule has 5 nitrogen and oxygen atoms in total. The molecular weight excluding hydrogens is 482 g/mol. The molecule has 2 heterocycles. The van der Waals surface area contributed by atoms with E-state index in [1.807, 2.05) is 36.1 Å². The first-order valence-corrected chi connectivity index (χ1v) is 14.4. The van der Waals surface area contributed by atoms with Crippen molar-refractivity contribution in [2.24, 2.45) is 11.7 Å². The van der Waals surface area contributed by atoms with Crippen LogP contribution in [0.25, 0.3) is 0 Å². The normalized spacial score (nSPS) is 22.4. The van der Waals surface area contributed by atoms with E-state index in [1.165, 1.54) is 16.7 Å². The van der Waals surface area contributed by atoms with Crippen molar-refractivity contribution in [2.75, 3.05) is 25.0 Å². The van der Waals surface area contributed by atoms with E-state index in [2.05, 4.69) is 74.6 Å². The van der Waals surface area contributed by atoms with Crippen LogP contribution in [0.5, 0.6) is 0 Å². The molecule has 3 aromatic rings. The molecule has 5 heteroatoms. The number of ether oxygens (including phenoxy) is 1. The van der Waals surface area contributed by atoms with Crippen molar-refractivity contribution in [3.8, 4) is 0 Å². The van der Waals surface area contributed by atoms with Crippen molar-refractivity contribution >= 4 is 11.6 Å². The van der Waals surface area contributed by atoms with Gasteiger partial charge in [0.1, 0.15) is 0 Å². The molecule has 0 radical (unpaired) electrons. The summed E-state index contributed by atoms with van der Waals surface area (Å²) < 4.78 is 6.99. The van der Waals surface area contributed by atoms with Gasteiger partial charge in [-0.3, -0.25) is 4.79 Å². The summed E-state index contributed by atoms with van der Waals surface area (Å²) in [5.74, 6) is 0.369. The largest absolute Gasteiger partial charge is 0.378 e. The van der Waals surface area contributed by atoms with Crippen LogP contribution < -0.4 is 11.1 Å². The van der Waals surface area contributed by atoms with Crippen LogP contribution in [0.2, 0.25) is 0 Å². The molecule has 4 unspecified atom stereocenters. The SMILES string of the molecule is Cc1ccc(C(=O)N(CCCN)CC2CCC3C(c4ccccc4)Nc4ccc(C(C)(C)C)cc4C3O2)cc1. The number of carbonyl (C=O) groups excluding carboxylic acids is 1. The van der Waals surface area contributed by atoms with Gasteiger partial charge in [0.2, 0.25) is 0 Å². The van der Waals surface area contributed by atoms with Gasteiger partial charge in [-0.05, 0) is 67.5 Å². The van der Waals surface area contributed by atoms with Gasteiger partial charge in [0.15, 0.2) is 0 Å². The minimum Gasteiger partial charge on any atom is -0.378 e. The lowest BCUT2D eigenvalue weighted by atomic mass is 9.75. The highest BCUT2D eigenvalue weighted by Crippen LogP contribution is 2.51. The molecule has 0 bridgehead atoms. The molecule has 39 heavy (non-hydrogen) atoms.